The number of aromatic nitrogens is 1. The molecule has 3 aromatic rings. The number of anilines is 1. The van der Waals surface area contributed by atoms with Gasteiger partial charge in [0.05, 0.1) is 11.0 Å². The van der Waals surface area contributed by atoms with Crippen molar-refractivity contribution in [3.8, 4) is 0 Å². The molecule has 2 aromatic carbocycles. The zero-order valence-corrected chi connectivity index (χ0v) is 19.1. The van der Waals surface area contributed by atoms with Gasteiger partial charge in [0, 0.05) is 41.6 Å². The van der Waals surface area contributed by atoms with Gasteiger partial charge < -0.3 is 14.4 Å². The first kappa shape index (κ1) is 21.5. The highest BCUT2D eigenvalue weighted by Crippen LogP contribution is 2.37. The Morgan fingerprint density at radius 1 is 1.03 bits per heavy atom. The first-order chi connectivity index (χ1) is 14.6. The van der Waals surface area contributed by atoms with Gasteiger partial charge in [-0.25, -0.2) is 0 Å². The second-order valence-corrected chi connectivity index (χ2v) is 7.32. The molecule has 2 heterocycles. The molecular formula is C27H33N3. The van der Waals surface area contributed by atoms with E-state index < -0.39 is 0 Å². The van der Waals surface area contributed by atoms with E-state index >= 15 is 0 Å². The minimum atomic E-state index is 0.311. The highest BCUT2D eigenvalue weighted by Gasteiger charge is 2.23. The van der Waals surface area contributed by atoms with E-state index in [4.69, 9.17) is 0 Å². The Kier molecular flexibility index (Phi) is 6.51. The normalized spacial score (nSPS) is 16.6. The smallest absolute Gasteiger partial charge is 0.102 e. The van der Waals surface area contributed by atoms with Crippen molar-refractivity contribution in [3.63, 3.8) is 0 Å². The Bertz CT molecular complexity index is 1140. The highest BCUT2D eigenvalue weighted by molar-refractivity contribution is 6.11. The molecule has 1 aliphatic heterocycles. The van der Waals surface area contributed by atoms with Gasteiger partial charge in [0.2, 0.25) is 0 Å². The van der Waals surface area contributed by atoms with E-state index in [2.05, 4.69) is 110 Å². The molecule has 0 amide bonds. The molecule has 3 heteroatoms. The topological polar surface area (TPSA) is 11.4 Å². The Morgan fingerprint density at radius 3 is 2.40 bits per heavy atom. The Labute approximate surface area is 180 Å². The molecule has 0 fully saturated rings. The third-order valence-electron chi connectivity index (χ3n) is 5.68. The quantitative estimate of drug-likeness (QED) is 0.426. The van der Waals surface area contributed by atoms with Gasteiger partial charge >= 0.3 is 0 Å². The van der Waals surface area contributed by atoms with Crippen LogP contribution in [0.1, 0.15) is 33.3 Å². The van der Waals surface area contributed by atoms with E-state index in [1.54, 1.807) is 0 Å². The van der Waals surface area contributed by atoms with Crippen molar-refractivity contribution >= 4 is 33.2 Å². The molecule has 156 valence electrons. The van der Waals surface area contributed by atoms with Crippen molar-refractivity contribution in [2.24, 2.45) is 0 Å². The van der Waals surface area contributed by atoms with Crippen molar-refractivity contribution in [1.82, 2.24) is 9.47 Å². The van der Waals surface area contributed by atoms with Gasteiger partial charge in [-0.1, -0.05) is 56.9 Å². The van der Waals surface area contributed by atoms with Crippen LogP contribution >= 0.6 is 0 Å². The van der Waals surface area contributed by atoms with Crippen molar-refractivity contribution in [2.75, 3.05) is 11.9 Å². The number of aryl methyl sites for hydroxylation is 1. The van der Waals surface area contributed by atoms with Crippen molar-refractivity contribution in [1.29, 1.82) is 0 Å². The average molecular weight is 400 g/mol. The van der Waals surface area contributed by atoms with Crippen molar-refractivity contribution in [2.45, 2.75) is 40.8 Å². The van der Waals surface area contributed by atoms with Crippen molar-refractivity contribution in [3.05, 3.63) is 85.2 Å². The van der Waals surface area contributed by atoms with Crippen LogP contribution in [-0.4, -0.2) is 22.7 Å². The molecule has 3 nitrogen and oxygen atoms in total. The zero-order valence-electron chi connectivity index (χ0n) is 19.1. The zero-order chi connectivity index (χ0) is 21.8. The van der Waals surface area contributed by atoms with Gasteiger partial charge in [0.25, 0.3) is 0 Å². The molecule has 0 bridgehead atoms. The largest absolute Gasteiger partial charge is 0.359 e. The number of hydrogen-bond acceptors (Lipinski definition) is 2. The summed E-state index contributed by atoms with van der Waals surface area (Å²) in [6.07, 6.45) is 12.7. The fourth-order valence-corrected chi connectivity index (χ4v) is 4.03. The van der Waals surface area contributed by atoms with E-state index in [1.165, 1.54) is 33.1 Å². The van der Waals surface area contributed by atoms with Crippen LogP contribution in [0.3, 0.4) is 0 Å². The lowest BCUT2D eigenvalue weighted by Gasteiger charge is -2.28. The van der Waals surface area contributed by atoms with Crippen LogP contribution < -0.4 is 4.90 Å². The molecule has 1 aliphatic rings. The monoisotopic (exact) mass is 399 g/mol. The van der Waals surface area contributed by atoms with Crippen LogP contribution in [0.2, 0.25) is 0 Å². The number of para-hydroxylation sites is 1. The molecule has 0 saturated carbocycles. The van der Waals surface area contributed by atoms with Crippen molar-refractivity contribution < 1.29 is 0 Å². The van der Waals surface area contributed by atoms with E-state index in [0.717, 1.165) is 5.70 Å². The number of allylic oxidation sites excluding steroid dienone is 5. The SMILES string of the molecule is C=C/C=C\C(=C/C)n1c2ccccc2c2cc(N3C=CN(C)C3C)c(C)cc21.CC. The number of rotatable bonds is 4. The van der Waals surface area contributed by atoms with Gasteiger partial charge in [-0.2, -0.15) is 0 Å². The molecule has 4 rings (SSSR count). The molecule has 0 saturated heterocycles. The molecule has 0 aliphatic carbocycles. The van der Waals surface area contributed by atoms with E-state index in [0.29, 0.717) is 6.17 Å². The summed E-state index contributed by atoms with van der Waals surface area (Å²) in [6.45, 7) is 14.3. The van der Waals surface area contributed by atoms with Crippen LogP contribution in [0.25, 0.3) is 27.5 Å². The molecule has 1 atom stereocenters. The molecule has 0 N–H and O–H groups in total. The Hall–Kier alpha value is -3.20. The lowest BCUT2D eigenvalue weighted by atomic mass is 10.1. The molecule has 1 aromatic heterocycles. The number of fused-ring (bicyclic) bond motifs is 3. The second-order valence-electron chi connectivity index (χ2n) is 7.32. The van der Waals surface area contributed by atoms with Gasteiger partial charge in [0.15, 0.2) is 0 Å². The summed E-state index contributed by atoms with van der Waals surface area (Å²) in [4.78, 5) is 4.57. The number of hydrogen-bond donors (Lipinski definition) is 0. The predicted octanol–water partition coefficient (Wildman–Crippen LogP) is 7.30. The summed E-state index contributed by atoms with van der Waals surface area (Å²) in [5, 5.41) is 2.55. The molecule has 30 heavy (non-hydrogen) atoms. The first-order valence-electron chi connectivity index (χ1n) is 10.7. The third kappa shape index (κ3) is 3.56. The maximum Gasteiger partial charge on any atom is 0.102 e. The maximum absolute atomic E-state index is 3.82. The summed E-state index contributed by atoms with van der Waals surface area (Å²) in [5.41, 5.74) is 6.12. The fourth-order valence-electron chi connectivity index (χ4n) is 4.03. The predicted molar refractivity (Wildman–Crippen MR) is 134 cm³/mol. The van der Waals surface area contributed by atoms with Crippen LogP contribution in [-0.2, 0) is 0 Å². The maximum atomic E-state index is 3.82. The van der Waals surface area contributed by atoms with Gasteiger partial charge in [-0.15, -0.1) is 0 Å². The van der Waals surface area contributed by atoms with Gasteiger partial charge in [0.1, 0.15) is 6.17 Å². The molecule has 0 radical (unpaired) electrons. The summed E-state index contributed by atoms with van der Waals surface area (Å²) in [7, 11) is 2.12. The number of benzene rings is 2. The first-order valence-corrected chi connectivity index (χ1v) is 10.7. The third-order valence-corrected chi connectivity index (χ3v) is 5.68. The Balaban J connectivity index is 0.00000124. The van der Waals surface area contributed by atoms with E-state index in [1.807, 2.05) is 26.0 Å². The minimum Gasteiger partial charge on any atom is -0.359 e. The standard InChI is InChI=1S/C25H27N3.C2H6/c1-6-8-11-20(7-2)28-23-13-10-9-12-21(23)22-17-24(18(3)16-25(22)28)27-15-14-26(5)19(27)4;1-2/h6-17,19H,1H2,2-5H3;1-2H3/b11-8-,20-7+;. The van der Waals surface area contributed by atoms with E-state index in [-0.39, 0.29) is 0 Å². The van der Waals surface area contributed by atoms with Crippen LogP contribution in [0, 0.1) is 6.92 Å². The summed E-state index contributed by atoms with van der Waals surface area (Å²) in [5.74, 6) is 0. The number of nitrogens with zero attached hydrogens (tertiary/aromatic N) is 3. The van der Waals surface area contributed by atoms with Crippen LogP contribution in [0.15, 0.2) is 79.7 Å². The lowest BCUT2D eigenvalue weighted by Crippen LogP contribution is -2.33. The average Bonchev–Trinajstić information content (AvgIpc) is 3.27. The summed E-state index contributed by atoms with van der Waals surface area (Å²) < 4.78 is 2.34. The van der Waals surface area contributed by atoms with Crippen LogP contribution in [0.4, 0.5) is 5.69 Å². The second kappa shape index (κ2) is 9.08. The van der Waals surface area contributed by atoms with Gasteiger partial charge in [-0.3, -0.25) is 0 Å². The van der Waals surface area contributed by atoms with Gasteiger partial charge in [-0.05, 0) is 50.6 Å². The molecule has 0 spiro atoms. The Morgan fingerprint density at radius 2 is 1.77 bits per heavy atom. The molecule has 1 unspecified atom stereocenters. The molecular weight excluding hydrogens is 366 g/mol. The highest BCUT2D eigenvalue weighted by atomic mass is 15.4. The summed E-state index contributed by atoms with van der Waals surface area (Å²) >= 11 is 0. The fraction of sp³-hybridized carbons (Fsp3) is 0.259. The minimum absolute atomic E-state index is 0.311. The van der Waals surface area contributed by atoms with E-state index in [9.17, 15) is 0 Å². The summed E-state index contributed by atoms with van der Waals surface area (Å²) in [6, 6.07) is 13.3. The lowest BCUT2D eigenvalue weighted by molar-refractivity contribution is 0.383. The van der Waals surface area contributed by atoms with Crippen LogP contribution in [0.5, 0.6) is 0 Å².